The van der Waals surface area contributed by atoms with Crippen molar-refractivity contribution in [3.63, 3.8) is 0 Å². The summed E-state index contributed by atoms with van der Waals surface area (Å²) in [6.07, 6.45) is -7.44. The fourth-order valence-corrected chi connectivity index (χ4v) is 1.83. The van der Waals surface area contributed by atoms with Gasteiger partial charge in [-0.1, -0.05) is 37.9 Å². The van der Waals surface area contributed by atoms with Crippen molar-refractivity contribution in [3.8, 4) is 0 Å². The molecule has 0 aliphatic carbocycles. The molecule has 1 aromatic carbocycles. The monoisotopic (exact) mass is 380 g/mol. The molecule has 0 saturated carbocycles. The molecule has 0 fully saturated rings. The number of hydrogen-bond acceptors (Lipinski definition) is 4. The maximum Gasteiger partial charge on any atom is 0.249 e. The number of nitrogens with one attached hydrogen (secondary N) is 2. The minimum absolute atomic E-state index is 0.475. The maximum absolute atomic E-state index is 13.5. The van der Waals surface area contributed by atoms with Crippen LogP contribution >= 0.6 is 0 Å². The van der Waals surface area contributed by atoms with E-state index >= 15 is 0 Å². The van der Waals surface area contributed by atoms with Crippen molar-refractivity contribution >= 4 is 17.7 Å². The first-order chi connectivity index (χ1) is 19.7. The first kappa shape index (κ1) is 6.34. The van der Waals surface area contributed by atoms with Gasteiger partial charge in [0.2, 0.25) is 17.7 Å². The predicted molar refractivity (Wildman–Crippen MR) is 97.1 cm³/mol. The lowest BCUT2D eigenvalue weighted by Crippen LogP contribution is -2.51. The Labute approximate surface area is 180 Å². The van der Waals surface area contributed by atoms with Crippen LogP contribution in [-0.2, 0) is 20.8 Å². The third-order valence-corrected chi connectivity index (χ3v) is 3.15. The molecule has 1 aliphatic heterocycles. The first-order valence-electron chi connectivity index (χ1n) is 16.4. The molecule has 0 spiro atoms. The van der Waals surface area contributed by atoms with Gasteiger partial charge in [0.25, 0.3) is 0 Å². The largest absolute Gasteiger partial charge is 0.383 e. The van der Waals surface area contributed by atoms with E-state index in [1.807, 2.05) is 0 Å². The lowest BCUT2D eigenvalue weighted by molar-refractivity contribution is -0.137. The van der Waals surface area contributed by atoms with Gasteiger partial charge in [-0.05, 0) is 30.2 Å². The van der Waals surface area contributed by atoms with E-state index in [0.29, 0.717) is 4.90 Å². The number of rotatable bonds is 5. The van der Waals surface area contributed by atoms with Gasteiger partial charge in [0.05, 0.1) is 9.60 Å². The summed E-state index contributed by atoms with van der Waals surface area (Å²) in [6.45, 7) is -13.4. The molecular weight excluding hydrogens is 334 g/mol. The molecule has 0 bridgehead atoms. The molecule has 1 unspecified atom stereocenters. The SMILES string of the molecule is [2H]c1c([2H])c([2H])c2c(c1[2H])C([2H])([2H])CN(C)C(=O)[C@@]2([2H])NC(=O)C([2H])(NC(=O)[C@]([2H])(O)C([2H])(C([2H])([2H])[2H])C([2H])([2H])[2H])C([2H])([2H])[2H]. The number of hydrogen-bond donors (Lipinski definition) is 3. The van der Waals surface area contributed by atoms with Crippen molar-refractivity contribution in [1.29, 1.82) is 0 Å². The summed E-state index contributed by atoms with van der Waals surface area (Å²) in [5.41, 5.74) is -2.20. The zero-order valence-electron chi connectivity index (χ0n) is 32.3. The lowest BCUT2D eigenvalue weighted by atomic mass is 9.99. The second-order valence-electron chi connectivity index (χ2n) is 4.97. The number of carbonyl (C=O) groups excluding carboxylic acids is 3. The quantitative estimate of drug-likeness (QED) is 0.688. The number of amides is 3. The Bertz CT molecular complexity index is 1410. The summed E-state index contributed by atoms with van der Waals surface area (Å²) < 4.78 is 149. The van der Waals surface area contributed by atoms with Crippen LogP contribution in [0.25, 0.3) is 0 Å². The van der Waals surface area contributed by atoms with Crippen LogP contribution < -0.4 is 10.6 Å². The van der Waals surface area contributed by atoms with E-state index in [1.165, 1.54) is 5.32 Å². The van der Waals surface area contributed by atoms with Crippen LogP contribution in [0.15, 0.2) is 24.2 Å². The Kier molecular flexibility index (Phi) is 2.03. The van der Waals surface area contributed by atoms with E-state index in [9.17, 15) is 19.5 Å². The third-order valence-electron chi connectivity index (χ3n) is 3.15. The van der Waals surface area contributed by atoms with Crippen molar-refractivity contribution < 1.29 is 45.5 Å². The Hall–Kier alpha value is -2.41. The highest BCUT2D eigenvalue weighted by atomic mass is 16.3. The zero-order chi connectivity index (χ0) is 35.9. The van der Waals surface area contributed by atoms with Crippen LogP contribution in [0.4, 0.5) is 0 Å². The van der Waals surface area contributed by atoms with Gasteiger partial charge in [-0.15, -0.1) is 0 Å². The molecule has 7 nitrogen and oxygen atoms in total. The number of aliphatic hydroxyl groups is 1. The van der Waals surface area contributed by atoms with Crippen molar-refractivity contribution in [2.75, 3.05) is 13.6 Å². The molecule has 3 atom stereocenters. The summed E-state index contributed by atoms with van der Waals surface area (Å²) >= 11 is 0. The lowest BCUT2D eigenvalue weighted by Gasteiger charge is -2.24. The molecular formula is C19H27N3O4. The van der Waals surface area contributed by atoms with E-state index in [2.05, 4.69) is 0 Å². The van der Waals surface area contributed by atoms with Gasteiger partial charge in [-0.3, -0.25) is 14.4 Å². The summed E-state index contributed by atoms with van der Waals surface area (Å²) in [6, 6.07) is -12.2. The minimum Gasteiger partial charge on any atom is -0.383 e. The molecule has 0 radical (unpaired) electrons. The van der Waals surface area contributed by atoms with E-state index in [1.54, 1.807) is 0 Å². The van der Waals surface area contributed by atoms with Crippen molar-refractivity contribution in [2.24, 2.45) is 5.89 Å². The number of fused-ring (bicyclic) bond motifs is 1. The molecule has 1 heterocycles. The average molecular weight is 381 g/mol. The van der Waals surface area contributed by atoms with E-state index in [-0.39, 0.29) is 0 Å². The van der Waals surface area contributed by atoms with Gasteiger partial charge in [-0.2, -0.15) is 0 Å². The van der Waals surface area contributed by atoms with E-state index in [0.717, 1.165) is 12.4 Å². The summed E-state index contributed by atoms with van der Waals surface area (Å²) in [5, 5.41) is 13.0. The van der Waals surface area contributed by atoms with Crippen LogP contribution in [0.5, 0.6) is 0 Å². The van der Waals surface area contributed by atoms with Crippen LogP contribution in [0, 0.1) is 5.89 Å². The number of nitrogens with zero attached hydrogens (tertiary/aromatic N) is 1. The molecule has 3 N–H and O–H groups in total. The highest BCUT2D eigenvalue weighted by molar-refractivity contribution is 5.93. The molecule has 2 rings (SSSR count). The van der Waals surface area contributed by atoms with E-state index < -0.39 is 111 Å². The predicted octanol–water partition coefficient (Wildman–Crippen LogP) is 0.380. The smallest absolute Gasteiger partial charge is 0.249 e. The van der Waals surface area contributed by atoms with Crippen LogP contribution in [0.2, 0.25) is 0 Å². The molecule has 0 aromatic heterocycles. The van der Waals surface area contributed by atoms with Gasteiger partial charge in [0, 0.05) is 30.0 Å². The standard InChI is InChI=1S/C19H27N3O4/c1-11(2)16(23)18(25)20-12(3)17(24)21-15-14-8-6-5-7-13(14)9-10-22(4)19(15)26/h5-8,11-12,15-16,23H,9-10H2,1-4H3,(H,20,25)(H,21,24)/t12?,15-,16+/m0/s1/i1D3,2D3,3D3,5D,6D,7D,8D,9D2,11D,12D,15D,16D. The molecule has 3 amide bonds. The second kappa shape index (κ2) is 8.31. The van der Waals surface area contributed by atoms with Gasteiger partial charge in [-0.25, -0.2) is 0 Å². The Balaban J connectivity index is 2.84. The second-order valence-corrected chi connectivity index (χ2v) is 4.97. The highest BCUT2D eigenvalue weighted by Gasteiger charge is 2.32. The Morgan fingerprint density at radius 3 is 2.85 bits per heavy atom. The fourth-order valence-electron chi connectivity index (χ4n) is 1.83. The zero-order valence-corrected chi connectivity index (χ0v) is 13.3. The van der Waals surface area contributed by atoms with Crippen LogP contribution in [0.1, 0.15) is 63.7 Å². The molecule has 1 aromatic rings. The first-order valence-corrected chi connectivity index (χ1v) is 6.93. The van der Waals surface area contributed by atoms with Crippen LogP contribution in [-0.4, -0.2) is 53.4 Å². The van der Waals surface area contributed by atoms with Crippen molar-refractivity contribution in [3.05, 3.63) is 35.3 Å². The topological polar surface area (TPSA) is 98.7 Å². The molecule has 0 saturated heterocycles. The molecule has 142 valence electrons. The Morgan fingerprint density at radius 2 is 2.15 bits per heavy atom. The van der Waals surface area contributed by atoms with Crippen LogP contribution in [0.3, 0.4) is 0 Å². The summed E-state index contributed by atoms with van der Waals surface area (Å²) in [4.78, 5) is 40.4. The molecule has 7 heteroatoms. The normalized spacial score (nSPS) is 39.1. The van der Waals surface area contributed by atoms with Gasteiger partial charge >= 0.3 is 0 Å². The van der Waals surface area contributed by atoms with Crippen molar-refractivity contribution in [1.82, 2.24) is 15.5 Å². The summed E-state index contributed by atoms with van der Waals surface area (Å²) in [5.74, 6) is -11.1. The third kappa shape index (κ3) is 4.40. The highest BCUT2D eigenvalue weighted by Crippen LogP contribution is 2.24. The maximum atomic E-state index is 13.5. The van der Waals surface area contributed by atoms with Gasteiger partial charge < -0.3 is 20.6 Å². The minimum atomic E-state index is -4.62. The Morgan fingerprint density at radius 1 is 1.42 bits per heavy atom. The number of likely N-dealkylation sites (N-methyl/N-ethyl adjacent to an activating group) is 1. The summed E-state index contributed by atoms with van der Waals surface area (Å²) in [7, 11) is 0.898. The molecule has 26 heavy (non-hydrogen) atoms. The van der Waals surface area contributed by atoms with Crippen molar-refractivity contribution in [2.45, 2.75) is 45.0 Å². The molecule has 1 aliphatic rings. The fraction of sp³-hybridized carbons (Fsp3) is 0.526. The van der Waals surface area contributed by atoms with Gasteiger partial charge in [0.1, 0.15) is 18.1 Å². The average Bonchev–Trinajstić information content (AvgIpc) is 2.90. The number of carbonyl (C=O) groups is 3. The van der Waals surface area contributed by atoms with Gasteiger partial charge in [0.15, 0.2) is 0 Å². The number of benzene rings is 1. The van der Waals surface area contributed by atoms with E-state index in [4.69, 9.17) is 26.0 Å².